The van der Waals surface area contributed by atoms with Crippen molar-refractivity contribution in [1.82, 2.24) is 0 Å². The number of hydrogen-bond acceptors (Lipinski definition) is 5. The highest BCUT2D eigenvalue weighted by atomic mass is 19.1. The topological polar surface area (TPSA) is 46.2 Å². The fourth-order valence-corrected chi connectivity index (χ4v) is 9.47. The van der Waals surface area contributed by atoms with Gasteiger partial charge in [-0.1, -0.05) is 12.2 Å². The van der Waals surface area contributed by atoms with Crippen molar-refractivity contribution in [1.29, 1.82) is 0 Å². The molecule has 0 spiro atoms. The van der Waals surface area contributed by atoms with E-state index in [1.165, 1.54) is 24.3 Å². The van der Waals surface area contributed by atoms with Crippen LogP contribution in [0.3, 0.4) is 0 Å². The molecule has 0 bridgehead atoms. The van der Waals surface area contributed by atoms with Crippen molar-refractivity contribution in [2.75, 3.05) is 39.6 Å². The molecule has 2 aliphatic carbocycles. The lowest BCUT2D eigenvalue weighted by Gasteiger charge is -2.37. The van der Waals surface area contributed by atoms with Crippen molar-refractivity contribution in [2.45, 2.75) is 128 Å². The molecule has 5 nitrogen and oxygen atoms in total. The minimum atomic E-state index is -0.573. The molecule has 57 heavy (non-hydrogen) atoms. The first-order chi connectivity index (χ1) is 27.8. The van der Waals surface area contributed by atoms with Crippen molar-refractivity contribution < 1.29 is 41.2 Å². The molecule has 2 aromatic carbocycles. The number of allylic oxidation sites excluding steroid dienone is 2. The van der Waals surface area contributed by atoms with Crippen LogP contribution in [0, 0.1) is 58.8 Å². The van der Waals surface area contributed by atoms with Crippen LogP contribution in [-0.2, 0) is 49.4 Å². The first-order valence-electron chi connectivity index (χ1n) is 22.0. The summed E-state index contributed by atoms with van der Waals surface area (Å²) in [5.41, 5.74) is 1.29. The molecule has 0 radical (unpaired) electrons. The van der Waals surface area contributed by atoms with Gasteiger partial charge in [0.1, 0.15) is 23.3 Å². The third-order valence-electron chi connectivity index (χ3n) is 13.2. The SMILES string of the molecule is C=CCCC1COC(C2CCC(CCc3cc(F)c(CCOCCc4c(F)cc(CCC5CCC(C6OCC(CCC=C)CO6)CC5)cc4F)c(F)c3)CC2)OC1. The summed E-state index contributed by atoms with van der Waals surface area (Å²) in [4.78, 5) is 0. The second-order valence-electron chi connectivity index (χ2n) is 17.4. The predicted molar refractivity (Wildman–Crippen MR) is 216 cm³/mol. The van der Waals surface area contributed by atoms with Crippen LogP contribution >= 0.6 is 0 Å². The summed E-state index contributed by atoms with van der Waals surface area (Å²) in [5, 5.41) is 0. The lowest BCUT2D eigenvalue weighted by atomic mass is 9.79. The third-order valence-corrected chi connectivity index (χ3v) is 13.2. The van der Waals surface area contributed by atoms with Gasteiger partial charge in [-0.15, -0.1) is 13.2 Å². The zero-order chi connectivity index (χ0) is 40.0. The molecule has 2 aromatic rings. The van der Waals surface area contributed by atoms with Gasteiger partial charge in [-0.3, -0.25) is 0 Å². The zero-order valence-electron chi connectivity index (χ0n) is 34.0. The molecule has 2 saturated carbocycles. The van der Waals surface area contributed by atoms with E-state index in [4.69, 9.17) is 23.7 Å². The van der Waals surface area contributed by atoms with Crippen LogP contribution in [0.25, 0.3) is 0 Å². The Morgan fingerprint density at radius 3 is 1.18 bits per heavy atom. The monoisotopic (exact) mass is 798 g/mol. The summed E-state index contributed by atoms with van der Waals surface area (Å²) < 4.78 is 90.0. The number of ether oxygens (including phenoxy) is 5. The Morgan fingerprint density at radius 2 is 0.842 bits per heavy atom. The van der Waals surface area contributed by atoms with E-state index in [1.54, 1.807) is 0 Å². The van der Waals surface area contributed by atoms with E-state index in [1.807, 2.05) is 12.2 Å². The van der Waals surface area contributed by atoms with Gasteiger partial charge in [0, 0.05) is 47.6 Å². The predicted octanol–water partition coefficient (Wildman–Crippen LogP) is 11.4. The third kappa shape index (κ3) is 13.2. The highest BCUT2D eigenvalue weighted by Gasteiger charge is 2.34. The molecule has 316 valence electrons. The number of rotatable bonds is 20. The quantitative estimate of drug-likeness (QED) is 0.0758. The number of hydrogen-bond donors (Lipinski definition) is 0. The molecular formula is C48H66F4O5. The van der Waals surface area contributed by atoms with Crippen LogP contribution < -0.4 is 0 Å². The summed E-state index contributed by atoms with van der Waals surface area (Å²) in [6.45, 7) is 10.7. The van der Waals surface area contributed by atoms with Gasteiger partial charge in [0.15, 0.2) is 12.6 Å². The molecule has 0 aromatic heterocycles. The van der Waals surface area contributed by atoms with E-state index in [-0.39, 0.29) is 49.8 Å². The number of halogens is 4. The van der Waals surface area contributed by atoms with E-state index in [0.717, 1.165) is 116 Å². The summed E-state index contributed by atoms with van der Waals surface area (Å²) in [6.07, 6.45) is 19.3. The molecular weight excluding hydrogens is 733 g/mol. The summed E-state index contributed by atoms with van der Waals surface area (Å²) >= 11 is 0. The second kappa shape index (κ2) is 22.7. The van der Waals surface area contributed by atoms with Gasteiger partial charge in [0.05, 0.1) is 39.6 Å². The molecule has 2 aliphatic heterocycles. The number of benzene rings is 2. The first-order valence-corrected chi connectivity index (χ1v) is 22.0. The minimum absolute atomic E-state index is 0.0163. The van der Waals surface area contributed by atoms with E-state index in [2.05, 4.69) is 13.2 Å². The molecule has 0 unspecified atom stereocenters. The van der Waals surface area contributed by atoms with Crippen molar-refractivity contribution in [3.63, 3.8) is 0 Å². The van der Waals surface area contributed by atoms with Crippen molar-refractivity contribution in [3.05, 3.63) is 95.1 Å². The minimum Gasteiger partial charge on any atom is -0.381 e. The fourth-order valence-electron chi connectivity index (χ4n) is 9.47. The van der Waals surface area contributed by atoms with E-state index in [0.29, 0.717) is 59.5 Å². The smallest absolute Gasteiger partial charge is 0.160 e. The second-order valence-corrected chi connectivity index (χ2v) is 17.4. The first kappa shape index (κ1) is 44.0. The van der Waals surface area contributed by atoms with Crippen LogP contribution in [0.1, 0.15) is 112 Å². The molecule has 0 atom stereocenters. The summed E-state index contributed by atoms with van der Waals surface area (Å²) in [7, 11) is 0. The number of aryl methyl sites for hydroxylation is 2. The van der Waals surface area contributed by atoms with Crippen molar-refractivity contribution >= 4 is 0 Å². The summed E-state index contributed by atoms with van der Waals surface area (Å²) in [5.74, 6) is 0.453. The molecule has 4 fully saturated rings. The van der Waals surface area contributed by atoms with Gasteiger partial charge >= 0.3 is 0 Å². The van der Waals surface area contributed by atoms with Crippen LogP contribution in [-0.4, -0.2) is 52.2 Å². The van der Waals surface area contributed by atoms with Gasteiger partial charge in [-0.2, -0.15) is 0 Å². The highest BCUT2D eigenvalue weighted by molar-refractivity contribution is 5.28. The van der Waals surface area contributed by atoms with E-state index in [9.17, 15) is 0 Å². The van der Waals surface area contributed by atoms with Crippen LogP contribution in [0.2, 0.25) is 0 Å². The fraction of sp³-hybridized carbons (Fsp3) is 0.667. The van der Waals surface area contributed by atoms with E-state index < -0.39 is 23.3 Å². The summed E-state index contributed by atoms with van der Waals surface area (Å²) in [6, 6.07) is 5.76. The van der Waals surface area contributed by atoms with Crippen LogP contribution in [0.5, 0.6) is 0 Å². The Bertz CT molecular complexity index is 1380. The Hall–Kier alpha value is -2.56. The standard InChI is InChI=1S/C48H66F4O5/c1-3-5-7-37-29-54-47(55-30-37)39-17-13-33(14-18-39)9-11-35-25-43(49)41(44(50)26-35)21-23-53-24-22-42-45(51)27-36(28-46(42)52)12-10-34-15-19-40(20-16-34)48-56-31-38(32-57-48)8-6-4-2/h3-4,25-28,33-34,37-40,47-48H,1-2,5-24,29-32H2. The van der Waals surface area contributed by atoms with Crippen molar-refractivity contribution in [3.8, 4) is 0 Å². The highest BCUT2D eigenvalue weighted by Crippen LogP contribution is 2.38. The Labute approximate surface area is 338 Å². The lowest BCUT2D eigenvalue weighted by molar-refractivity contribution is -0.230. The molecule has 0 N–H and O–H groups in total. The largest absolute Gasteiger partial charge is 0.381 e. The maximum Gasteiger partial charge on any atom is 0.160 e. The van der Waals surface area contributed by atoms with Gasteiger partial charge < -0.3 is 23.7 Å². The molecule has 9 heteroatoms. The van der Waals surface area contributed by atoms with Gasteiger partial charge in [-0.05, 0) is 150 Å². The zero-order valence-corrected chi connectivity index (χ0v) is 34.0. The van der Waals surface area contributed by atoms with Crippen LogP contribution in [0.4, 0.5) is 17.6 Å². The van der Waals surface area contributed by atoms with Gasteiger partial charge in [0.25, 0.3) is 0 Å². The molecule has 2 heterocycles. The Kier molecular flexibility index (Phi) is 17.5. The molecule has 2 saturated heterocycles. The molecule has 6 rings (SSSR count). The van der Waals surface area contributed by atoms with Crippen LogP contribution in [0.15, 0.2) is 49.6 Å². The average Bonchev–Trinajstić information content (AvgIpc) is 3.23. The van der Waals surface area contributed by atoms with Crippen molar-refractivity contribution in [2.24, 2.45) is 35.5 Å². The average molecular weight is 799 g/mol. The van der Waals surface area contributed by atoms with Gasteiger partial charge in [-0.25, -0.2) is 17.6 Å². The maximum atomic E-state index is 15.0. The molecule has 0 amide bonds. The Balaban J connectivity index is 0.844. The molecule has 4 aliphatic rings. The lowest BCUT2D eigenvalue weighted by Crippen LogP contribution is -2.38. The van der Waals surface area contributed by atoms with E-state index >= 15 is 17.6 Å². The normalized spacial score (nSPS) is 28.3. The maximum absolute atomic E-state index is 15.0. The Morgan fingerprint density at radius 1 is 0.491 bits per heavy atom. The van der Waals surface area contributed by atoms with Gasteiger partial charge in [0.2, 0.25) is 0 Å².